The van der Waals surface area contributed by atoms with Crippen molar-refractivity contribution >= 4 is 23.0 Å². The third kappa shape index (κ3) is 5.75. The van der Waals surface area contributed by atoms with E-state index in [0.717, 1.165) is 33.9 Å². The van der Waals surface area contributed by atoms with E-state index in [0.29, 0.717) is 22.7 Å². The van der Waals surface area contributed by atoms with Crippen LogP contribution in [0.25, 0.3) is 16.7 Å². The Morgan fingerprint density at radius 3 is 2.51 bits per heavy atom. The molecule has 0 aliphatic heterocycles. The molecule has 0 fully saturated rings. The molecule has 186 valence electrons. The van der Waals surface area contributed by atoms with Crippen molar-refractivity contribution in [2.45, 2.75) is 31.6 Å². The van der Waals surface area contributed by atoms with E-state index in [9.17, 15) is 18.7 Å². The standard InChI is InChI=1S/C30H23ClF2N2O2/c31-23-6-3-20(4-7-23)29-16-34-17-35-30(29)22(9-18-10-24(32)14-25(33)11-18)13-27(37)12-21-2-1-19-5-8-26(36)15-28(19)21/h2-8,10-11,14-17,22,36H,1,9,12-13H2/t22-/m1/s1. The fourth-order valence-corrected chi connectivity index (χ4v) is 5.03. The van der Waals surface area contributed by atoms with E-state index in [4.69, 9.17) is 11.6 Å². The van der Waals surface area contributed by atoms with Gasteiger partial charge in [0.25, 0.3) is 0 Å². The van der Waals surface area contributed by atoms with Gasteiger partial charge in [-0.2, -0.15) is 0 Å². The van der Waals surface area contributed by atoms with E-state index in [2.05, 4.69) is 9.97 Å². The van der Waals surface area contributed by atoms with Gasteiger partial charge < -0.3 is 5.11 Å². The molecule has 0 saturated heterocycles. The summed E-state index contributed by atoms with van der Waals surface area (Å²) in [5.41, 5.74) is 5.41. The second-order valence-electron chi connectivity index (χ2n) is 9.20. The van der Waals surface area contributed by atoms with Gasteiger partial charge in [-0.1, -0.05) is 35.9 Å². The average molecular weight is 517 g/mol. The molecule has 0 spiro atoms. The number of benzene rings is 3. The number of aromatic nitrogens is 2. The molecule has 0 amide bonds. The van der Waals surface area contributed by atoms with Crippen LogP contribution < -0.4 is 0 Å². The lowest BCUT2D eigenvalue weighted by molar-refractivity contribution is -0.118. The average Bonchev–Trinajstić information content (AvgIpc) is 3.25. The lowest BCUT2D eigenvalue weighted by atomic mass is 9.86. The van der Waals surface area contributed by atoms with E-state index in [-0.39, 0.29) is 30.8 Å². The van der Waals surface area contributed by atoms with Crippen LogP contribution in [0.3, 0.4) is 0 Å². The highest BCUT2D eigenvalue weighted by atomic mass is 35.5. The van der Waals surface area contributed by atoms with Crippen LogP contribution in [0, 0.1) is 11.6 Å². The first-order chi connectivity index (χ1) is 17.9. The summed E-state index contributed by atoms with van der Waals surface area (Å²) >= 11 is 6.07. The summed E-state index contributed by atoms with van der Waals surface area (Å²) in [4.78, 5) is 22.1. The number of carbonyl (C=O) groups excluding carboxylic acids is 1. The largest absolute Gasteiger partial charge is 0.508 e. The van der Waals surface area contributed by atoms with Crippen molar-refractivity contribution in [2.75, 3.05) is 0 Å². The normalized spacial score (nSPS) is 13.2. The van der Waals surface area contributed by atoms with E-state index in [1.165, 1.54) is 18.5 Å². The number of hydrogen-bond acceptors (Lipinski definition) is 4. The van der Waals surface area contributed by atoms with Gasteiger partial charge in [0.1, 0.15) is 29.5 Å². The Kier molecular flexibility index (Phi) is 7.10. The third-order valence-corrected chi connectivity index (χ3v) is 6.81. The van der Waals surface area contributed by atoms with Gasteiger partial charge in [0.05, 0.1) is 5.69 Å². The maximum Gasteiger partial charge on any atom is 0.137 e. The molecule has 1 N–H and O–H groups in total. The molecule has 1 aromatic heterocycles. The van der Waals surface area contributed by atoms with Crippen molar-refractivity contribution in [1.82, 2.24) is 9.97 Å². The number of allylic oxidation sites excluding steroid dienone is 2. The molecule has 4 aromatic rings. The summed E-state index contributed by atoms with van der Waals surface area (Å²) in [6.45, 7) is 0. The monoisotopic (exact) mass is 516 g/mol. The van der Waals surface area contributed by atoms with Gasteiger partial charge >= 0.3 is 0 Å². The SMILES string of the molecule is O=C(CC1=CCc2ccc(O)cc21)C[C@@H](Cc1cc(F)cc(F)c1)c1ncncc1-c1ccc(Cl)cc1. The minimum atomic E-state index is -0.673. The van der Waals surface area contributed by atoms with Crippen molar-refractivity contribution in [3.8, 4) is 16.9 Å². The molecule has 7 heteroatoms. The Morgan fingerprint density at radius 1 is 1.00 bits per heavy atom. The maximum absolute atomic E-state index is 14.0. The summed E-state index contributed by atoms with van der Waals surface area (Å²) in [6, 6.07) is 15.8. The minimum Gasteiger partial charge on any atom is -0.508 e. The van der Waals surface area contributed by atoms with Crippen molar-refractivity contribution in [1.29, 1.82) is 0 Å². The summed E-state index contributed by atoms with van der Waals surface area (Å²) in [5.74, 6) is -1.68. The van der Waals surface area contributed by atoms with Gasteiger partial charge in [-0.3, -0.25) is 4.79 Å². The molecule has 0 radical (unpaired) electrons. The Bertz CT molecular complexity index is 1480. The predicted octanol–water partition coefficient (Wildman–Crippen LogP) is 7.10. The molecule has 4 nitrogen and oxygen atoms in total. The highest BCUT2D eigenvalue weighted by Crippen LogP contribution is 2.36. The Hall–Kier alpha value is -3.90. The summed E-state index contributed by atoms with van der Waals surface area (Å²) < 4.78 is 28.0. The highest BCUT2D eigenvalue weighted by Gasteiger charge is 2.25. The molecule has 0 saturated carbocycles. The molecule has 1 heterocycles. The van der Waals surface area contributed by atoms with Crippen molar-refractivity contribution in [3.05, 3.63) is 118 Å². The number of rotatable bonds is 8. The smallest absolute Gasteiger partial charge is 0.137 e. The van der Waals surface area contributed by atoms with Crippen molar-refractivity contribution in [3.63, 3.8) is 0 Å². The minimum absolute atomic E-state index is 0.0370. The molecular weight excluding hydrogens is 494 g/mol. The highest BCUT2D eigenvalue weighted by molar-refractivity contribution is 6.30. The number of phenolic OH excluding ortho intramolecular Hbond substituents is 1. The molecule has 5 rings (SSSR count). The number of halogens is 3. The Balaban J connectivity index is 1.47. The van der Waals surface area contributed by atoms with Gasteiger partial charge in [0.2, 0.25) is 0 Å². The first-order valence-corrected chi connectivity index (χ1v) is 12.3. The lowest BCUT2D eigenvalue weighted by Gasteiger charge is -2.20. The first kappa shape index (κ1) is 24.8. The molecule has 3 aromatic carbocycles. The number of ketones is 1. The predicted molar refractivity (Wildman–Crippen MR) is 139 cm³/mol. The summed E-state index contributed by atoms with van der Waals surface area (Å²) in [6.07, 6.45) is 6.31. The molecule has 1 aliphatic carbocycles. The van der Waals surface area contributed by atoms with Crippen LogP contribution in [0.1, 0.15) is 41.1 Å². The number of Topliss-reactive ketones (excluding diaryl/α,β-unsaturated/α-hetero) is 1. The molecule has 0 unspecified atom stereocenters. The van der Waals surface area contributed by atoms with Crippen molar-refractivity contribution < 1.29 is 18.7 Å². The fraction of sp³-hybridized carbons (Fsp3) is 0.167. The lowest BCUT2D eigenvalue weighted by Crippen LogP contribution is -2.13. The number of phenols is 1. The van der Waals surface area contributed by atoms with Crippen LogP contribution in [-0.2, 0) is 17.6 Å². The van der Waals surface area contributed by atoms with Crippen LogP contribution in [0.15, 0.2) is 79.3 Å². The molecular formula is C30H23ClF2N2O2. The van der Waals surface area contributed by atoms with Gasteiger partial charge in [-0.25, -0.2) is 18.7 Å². The van der Waals surface area contributed by atoms with Gasteiger partial charge in [-0.15, -0.1) is 0 Å². The zero-order valence-electron chi connectivity index (χ0n) is 19.8. The molecule has 1 atom stereocenters. The maximum atomic E-state index is 14.0. The summed E-state index contributed by atoms with van der Waals surface area (Å²) in [7, 11) is 0. The number of hydrogen-bond donors (Lipinski definition) is 1. The van der Waals surface area contributed by atoms with Crippen LogP contribution in [0.5, 0.6) is 5.75 Å². The van der Waals surface area contributed by atoms with E-state index < -0.39 is 17.6 Å². The van der Waals surface area contributed by atoms with E-state index in [1.54, 1.807) is 30.5 Å². The second kappa shape index (κ2) is 10.6. The topological polar surface area (TPSA) is 63.1 Å². The summed E-state index contributed by atoms with van der Waals surface area (Å²) in [5, 5.41) is 10.5. The zero-order chi connectivity index (χ0) is 25.9. The van der Waals surface area contributed by atoms with E-state index >= 15 is 0 Å². The number of aromatic hydroxyl groups is 1. The molecule has 37 heavy (non-hydrogen) atoms. The van der Waals surface area contributed by atoms with Crippen LogP contribution in [-0.4, -0.2) is 20.9 Å². The van der Waals surface area contributed by atoms with Crippen LogP contribution in [0.4, 0.5) is 8.78 Å². The van der Waals surface area contributed by atoms with Crippen LogP contribution in [0.2, 0.25) is 5.02 Å². The van der Waals surface area contributed by atoms with Crippen LogP contribution >= 0.6 is 11.6 Å². The number of fused-ring (bicyclic) bond motifs is 1. The van der Waals surface area contributed by atoms with E-state index in [1.807, 2.05) is 24.3 Å². The fourth-order valence-electron chi connectivity index (χ4n) is 4.91. The zero-order valence-corrected chi connectivity index (χ0v) is 20.6. The number of carbonyl (C=O) groups is 1. The van der Waals surface area contributed by atoms with Gasteiger partial charge in [0.15, 0.2) is 0 Å². The molecule has 1 aliphatic rings. The quantitative estimate of drug-likeness (QED) is 0.271. The Labute approximate surface area is 218 Å². The second-order valence-corrected chi connectivity index (χ2v) is 9.64. The first-order valence-electron chi connectivity index (χ1n) is 11.9. The van der Waals surface area contributed by atoms with Crippen molar-refractivity contribution in [2.24, 2.45) is 0 Å². The molecule has 0 bridgehead atoms. The third-order valence-electron chi connectivity index (χ3n) is 6.56. The van der Waals surface area contributed by atoms with Gasteiger partial charge in [0, 0.05) is 41.6 Å². The Morgan fingerprint density at radius 2 is 1.76 bits per heavy atom. The number of nitrogens with zero attached hydrogens (tertiary/aromatic N) is 2. The van der Waals surface area contributed by atoms with Gasteiger partial charge in [-0.05, 0) is 77.1 Å².